The summed E-state index contributed by atoms with van der Waals surface area (Å²) < 4.78 is 3.51. The van der Waals surface area contributed by atoms with E-state index in [1.165, 1.54) is 5.38 Å². The van der Waals surface area contributed by atoms with E-state index in [4.69, 9.17) is 16.2 Å². The SMILES string of the molecule is N=C(N)c1csnc1O. The van der Waals surface area contributed by atoms with Gasteiger partial charge in [-0.3, -0.25) is 5.41 Å². The Morgan fingerprint density at radius 2 is 2.56 bits per heavy atom. The molecular weight excluding hydrogens is 138 g/mol. The van der Waals surface area contributed by atoms with Crippen molar-refractivity contribution in [3.63, 3.8) is 0 Å². The van der Waals surface area contributed by atoms with Gasteiger partial charge in [0.25, 0.3) is 0 Å². The first-order valence-electron chi connectivity index (χ1n) is 2.19. The van der Waals surface area contributed by atoms with Gasteiger partial charge in [0.15, 0.2) is 0 Å². The predicted molar refractivity (Wildman–Crippen MR) is 34.8 cm³/mol. The van der Waals surface area contributed by atoms with Gasteiger partial charge in [-0.2, -0.15) is 4.37 Å². The van der Waals surface area contributed by atoms with E-state index in [9.17, 15) is 0 Å². The molecule has 1 rings (SSSR count). The van der Waals surface area contributed by atoms with Crippen LogP contribution in [-0.4, -0.2) is 15.3 Å². The molecule has 0 atom stereocenters. The van der Waals surface area contributed by atoms with Gasteiger partial charge < -0.3 is 10.8 Å². The van der Waals surface area contributed by atoms with Gasteiger partial charge in [-0.05, 0) is 11.5 Å². The molecule has 0 saturated carbocycles. The van der Waals surface area contributed by atoms with Gasteiger partial charge in [0.05, 0.1) is 5.56 Å². The van der Waals surface area contributed by atoms with Crippen LogP contribution in [0.1, 0.15) is 5.56 Å². The molecule has 0 fully saturated rings. The van der Waals surface area contributed by atoms with Crippen LogP contribution in [0.15, 0.2) is 5.38 Å². The number of aromatic nitrogens is 1. The third-order valence-electron chi connectivity index (χ3n) is 0.841. The highest BCUT2D eigenvalue weighted by Gasteiger charge is 2.04. The summed E-state index contributed by atoms with van der Waals surface area (Å²) in [6.07, 6.45) is 0. The Balaban J connectivity index is 3.08. The normalized spacial score (nSPS) is 9.33. The van der Waals surface area contributed by atoms with E-state index in [2.05, 4.69) is 4.37 Å². The molecule has 0 radical (unpaired) electrons. The summed E-state index contributed by atoms with van der Waals surface area (Å²) in [5.74, 6) is -0.311. The Bertz CT molecular complexity index is 231. The lowest BCUT2D eigenvalue weighted by Crippen LogP contribution is -2.09. The van der Waals surface area contributed by atoms with Crippen molar-refractivity contribution in [1.82, 2.24) is 4.37 Å². The second-order valence-electron chi connectivity index (χ2n) is 1.47. The summed E-state index contributed by atoms with van der Waals surface area (Å²) >= 11 is 1.07. The third kappa shape index (κ3) is 0.996. The van der Waals surface area contributed by atoms with E-state index in [1.807, 2.05) is 0 Å². The van der Waals surface area contributed by atoms with E-state index < -0.39 is 0 Å². The van der Waals surface area contributed by atoms with Gasteiger partial charge in [0, 0.05) is 5.38 Å². The summed E-state index contributed by atoms with van der Waals surface area (Å²) in [5.41, 5.74) is 5.35. The van der Waals surface area contributed by atoms with Crippen LogP contribution in [0.25, 0.3) is 0 Å². The smallest absolute Gasteiger partial charge is 0.233 e. The molecule has 5 heteroatoms. The zero-order chi connectivity index (χ0) is 6.85. The van der Waals surface area contributed by atoms with Crippen molar-refractivity contribution in [3.8, 4) is 5.88 Å². The molecule has 0 amide bonds. The minimum atomic E-state index is -0.160. The maximum absolute atomic E-state index is 8.80. The zero-order valence-corrected chi connectivity index (χ0v) is 5.27. The topological polar surface area (TPSA) is 83.0 Å². The number of rotatable bonds is 1. The Morgan fingerprint density at radius 1 is 1.89 bits per heavy atom. The highest BCUT2D eigenvalue weighted by atomic mass is 32.1. The first-order valence-corrected chi connectivity index (χ1v) is 3.03. The molecule has 0 aliphatic rings. The van der Waals surface area contributed by atoms with Gasteiger partial charge in [-0.1, -0.05) is 0 Å². The van der Waals surface area contributed by atoms with Gasteiger partial charge in [-0.15, -0.1) is 0 Å². The molecule has 0 aliphatic carbocycles. The molecule has 4 N–H and O–H groups in total. The van der Waals surface area contributed by atoms with Crippen LogP contribution in [0.5, 0.6) is 5.88 Å². The maximum atomic E-state index is 8.80. The quantitative estimate of drug-likeness (QED) is 0.386. The van der Waals surface area contributed by atoms with Crippen molar-refractivity contribution >= 4 is 17.4 Å². The molecule has 4 nitrogen and oxygen atoms in total. The highest BCUT2D eigenvalue weighted by molar-refractivity contribution is 7.04. The summed E-state index contributed by atoms with van der Waals surface area (Å²) in [6.45, 7) is 0. The van der Waals surface area contributed by atoms with E-state index in [1.54, 1.807) is 0 Å². The summed E-state index contributed by atoms with van der Waals surface area (Å²) in [4.78, 5) is 0. The highest BCUT2D eigenvalue weighted by Crippen LogP contribution is 2.14. The number of nitrogens with zero attached hydrogens (tertiary/aromatic N) is 1. The molecule has 1 heterocycles. The van der Waals surface area contributed by atoms with E-state index >= 15 is 0 Å². The molecule has 1 aromatic rings. The number of nitrogens with one attached hydrogen (secondary N) is 1. The van der Waals surface area contributed by atoms with Crippen molar-refractivity contribution in [3.05, 3.63) is 10.9 Å². The van der Waals surface area contributed by atoms with E-state index in [0.717, 1.165) is 11.5 Å². The van der Waals surface area contributed by atoms with E-state index in [0.29, 0.717) is 5.56 Å². The summed E-state index contributed by atoms with van der Waals surface area (Å²) in [5, 5.41) is 17.2. The van der Waals surface area contributed by atoms with Gasteiger partial charge in [0.1, 0.15) is 5.84 Å². The average Bonchev–Trinajstić information content (AvgIpc) is 2.13. The molecule has 1 aromatic heterocycles. The van der Waals surface area contributed by atoms with Crippen molar-refractivity contribution in [2.75, 3.05) is 0 Å². The average molecular weight is 143 g/mol. The van der Waals surface area contributed by atoms with Gasteiger partial charge in [0.2, 0.25) is 5.88 Å². The van der Waals surface area contributed by atoms with Crippen LogP contribution >= 0.6 is 11.5 Å². The Labute approximate surface area is 55.6 Å². The number of nitrogen functional groups attached to an aromatic ring is 1. The van der Waals surface area contributed by atoms with Crippen LogP contribution in [0.4, 0.5) is 0 Å². The molecular formula is C4H5N3OS. The largest absolute Gasteiger partial charge is 0.492 e. The summed E-state index contributed by atoms with van der Waals surface area (Å²) in [6, 6.07) is 0. The number of amidine groups is 1. The van der Waals surface area contributed by atoms with Gasteiger partial charge in [-0.25, -0.2) is 0 Å². The molecule has 0 bridgehead atoms. The number of hydrogen-bond donors (Lipinski definition) is 3. The molecule has 9 heavy (non-hydrogen) atoms. The fraction of sp³-hybridized carbons (Fsp3) is 0. The standard InChI is InChI=1S/C4H5N3OS/c5-3(6)2-1-9-7-4(2)8/h1H,(H3,5,6)(H,7,8). The number of aromatic hydroxyl groups is 1. The number of nitrogens with two attached hydrogens (primary N) is 1. The first-order chi connectivity index (χ1) is 4.22. The summed E-state index contributed by atoms with van der Waals surface area (Å²) in [7, 11) is 0. The van der Waals surface area contributed by atoms with Crippen LogP contribution in [-0.2, 0) is 0 Å². The van der Waals surface area contributed by atoms with Crippen LogP contribution in [0.3, 0.4) is 0 Å². The zero-order valence-electron chi connectivity index (χ0n) is 4.46. The Morgan fingerprint density at radius 3 is 2.78 bits per heavy atom. The van der Waals surface area contributed by atoms with Crippen molar-refractivity contribution in [2.45, 2.75) is 0 Å². The number of hydrogen-bond acceptors (Lipinski definition) is 4. The molecule has 0 saturated heterocycles. The predicted octanol–water partition coefficient (Wildman–Crippen LogP) is 0.133. The molecule has 48 valence electrons. The molecule has 0 spiro atoms. The minimum absolute atomic E-state index is 0.152. The monoisotopic (exact) mass is 143 g/mol. The lowest BCUT2D eigenvalue weighted by atomic mass is 10.3. The lowest BCUT2D eigenvalue weighted by molar-refractivity contribution is 0.458. The minimum Gasteiger partial charge on any atom is -0.492 e. The second kappa shape index (κ2) is 2.02. The van der Waals surface area contributed by atoms with Crippen molar-refractivity contribution in [2.24, 2.45) is 5.73 Å². The fourth-order valence-corrected chi connectivity index (χ4v) is 1.00. The van der Waals surface area contributed by atoms with Crippen molar-refractivity contribution < 1.29 is 5.11 Å². The first kappa shape index (κ1) is 6.03. The van der Waals surface area contributed by atoms with Crippen LogP contribution in [0, 0.1) is 5.41 Å². The third-order valence-corrected chi connectivity index (χ3v) is 1.46. The molecule has 0 aromatic carbocycles. The Kier molecular flexibility index (Phi) is 1.35. The fourth-order valence-electron chi connectivity index (χ4n) is 0.415. The molecule has 0 aliphatic heterocycles. The molecule has 0 unspecified atom stereocenters. The maximum Gasteiger partial charge on any atom is 0.233 e. The van der Waals surface area contributed by atoms with Gasteiger partial charge >= 0.3 is 0 Å². The van der Waals surface area contributed by atoms with Crippen LogP contribution in [0.2, 0.25) is 0 Å². The van der Waals surface area contributed by atoms with Crippen molar-refractivity contribution in [1.29, 1.82) is 5.41 Å². The van der Waals surface area contributed by atoms with Crippen LogP contribution < -0.4 is 5.73 Å². The Hall–Kier alpha value is -1.10. The second-order valence-corrected chi connectivity index (χ2v) is 2.09. The van der Waals surface area contributed by atoms with E-state index in [-0.39, 0.29) is 11.7 Å². The lowest BCUT2D eigenvalue weighted by Gasteiger charge is -1.88.